The summed E-state index contributed by atoms with van der Waals surface area (Å²) < 4.78 is 0. The summed E-state index contributed by atoms with van der Waals surface area (Å²) in [5.41, 5.74) is 0.453. The highest BCUT2D eigenvalue weighted by Crippen LogP contribution is 1.93. The van der Waals surface area contributed by atoms with Crippen LogP contribution in [0.25, 0.3) is 0 Å². The largest absolute Gasteiger partial charge is 0.349 e. The molecule has 2 aromatic rings. The number of amides is 2. The minimum absolute atomic E-state index is 0.226. The molecule has 0 spiro atoms. The van der Waals surface area contributed by atoms with E-state index in [1.165, 1.54) is 37.2 Å². The van der Waals surface area contributed by atoms with Crippen molar-refractivity contribution in [1.29, 1.82) is 0 Å². The number of carbonyl (C=O) groups is 2. The van der Waals surface area contributed by atoms with E-state index in [9.17, 15) is 9.59 Å². The minimum atomic E-state index is -0.344. The van der Waals surface area contributed by atoms with E-state index >= 15 is 0 Å². The molecule has 21 heavy (non-hydrogen) atoms. The van der Waals surface area contributed by atoms with Gasteiger partial charge in [-0.3, -0.25) is 19.6 Å². The fraction of sp³-hybridized carbons (Fsp3) is 0.231. The molecular formula is C13H14N6O2. The fourth-order valence-electron chi connectivity index (χ4n) is 1.52. The molecule has 1 unspecified atom stereocenters. The molecule has 0 aliphatic heterocycles. The number of aromatic nitrogens is 4. The highest BCUT2D eigenvalue weighted by molar-refractivity contribution is 5.93. The molecule has 1 atom stereocenters. The van der Waals surface area contributed by atoms with Gasteiger partial charge < -0.3 is 10.6 Å². The smallest absolute Gasteiger partial charge is 0.271 e. The van der Waals surface area contributed by atoms with Crippen molar-refractivity contribution in [2.75, 3.05) is 6.54 Å². The van der Waals surface area contributed by atoms with Crippen LogP contribution in [0.1, 0.15) is 27.9 Å². The van der Waals surface area contributed by atoms with E-state index in [4.69, 9.17) is 0 Å². The van der Waals surface area contributed by atoms with Crippen LogP contribution < -0.4 is 10.6 Å². The average Bonchev–Trinajstić information content (AvgIpc) is 2.54. The zero-order valence-electron chi connectivity index (χ0n) is 11.4. The molecule has 0 saturated carbocycles. The fourth-order valence-corrected chi connectivity index (χ4v) is 1.52. The molecule has 0 aromatic carbocycles. The summed E-state index contributed by atoms with van der Waals surface area (Å²) in [7, 11) is 0. The van der Waals surface area contributed by atoms with E-state index < -0.39 is 0 Å². The van der Waals surface area contributed by atoms with Gasteiger partial charge in [-0.05, 0) is 6.92 Å². The summed E-state index contributed by atoms with van der Waals surface area (Å²) in [6.07, 6.45) is 8.60. The lowest BCUT2D eigenvalue weighted by Crippen LogP contribution is -2.42. The van der Waals surface area contributed by atoms with Crippen molar-refractivity contribution < 1.29 is 9.59 Å². The maximum Gasteiger partial charge on any atom is 0.271 e. The third kappa shape index (κ3) is 4.30. The Labute approximate surface area is 121 Å². The lowest BCUT2D eigenvalue weighted by molar-refractivity contribution is 0.0907. The Hall–Kier alpha value is -2.90. The first-order valence-corrected chi connectivity index (χ1v) is 6.28. The zero-order chi connectivity index (χ0) is 15.1. The monoisotopic (exact) mass is 286 g/mol. The second-order valence-electron chi connectivity index (χ2n) is 4.27. The molecule has 0 saturated heterocycles. The molecule has 0 aliphatic carbocycles. The van der Waals surface area contributed by atoms with Crippen molar-refractivity contribution in [1.82, 2.24) is 30.6 Å². The van der Waals surface area contributed by atoms with Gasteiger partial charge in [0.1, 0.15) is 11.4 Å². The van der Waals surface area contributed by atoms with E-state index in [1.54, 1.807) is 6.92 Å². The second-order valence-corrected chi connectivity index (χ2v) is 4.27. The van der Waals surface area contributed by atoms with Crippen LogP contribution in [0, 0.1) is 0 Å². The maximum absolute atomic E-state index is 11.8. The quantitative estimate of drug-likeness (QED) is 0.788. The van der Waals surface area contributed by atoms with Crippen LogP contribution >= 0.6 is 0 Å². The van der Waals surface area contributed by atoms with Crippen LogP contribution in [0.2, 0.25) is 0 Å². The molecular weight excluding hydrogens is 272 g/mol. The van der Waals surface area contributed by atoms with Crippen LogP contribution in [0.4, 0.5) is 0 Å². The Bertz CT molecular complexity index is 605. The van der Waals surface area contributed by atoms with Gasteiger partial charge in [0.2, 0.25) is 0 Å². The van der Waals surface area contributed by atoms with Crippen LogP contribution in [-0.2, 0) is 0 Å². The molecule has 8 nitrogen and oxygen atoms in total. The second kappa shape index (κ2) is 7.04. The number of nitrogens with one attached hydrogen (secondary N) is 2. The van der Waals surface area contributed by atoms with Gasteiger partial charge in [-0.1, -0.05) is 0 Å². The van der Waals surface area contributed by atoms with Crippen LogP contribution in [0.15, 0.2) is 37.2 Å². The van der Waals surface area contributed by atoms with Gasteiger partial charge in [0, 0.05) is 37.4 Å². The molecule has 2 aromatic heterocycles. The number of nitrogens with zero attached hydrogens (tertiary/aromatic N) is 4. The zero-order valence-corrected chi connectivity index (χ0v) is 11.4. The van der Waals surface area contributed by atoms with Crippen LogP contribution in [0.3, 0.4) is 0 Å². The normalized spacial score (nSPS) is 11.5. The van der Waals surface area contributed by atoms with Gasteiger partial charge in [0.05, 0.1) is 12.4 Å². The predicted octanol–water partition coefficient (Wildman–Crippen LogP) is -0.185. The molecule has 0 bridgehead atoms. The van der Waals surface area contributed by atoms with Crippen molar-refractivity contribution >= 4 is 11.8 Å². The number of hydrogen-bond acceptors (Lipinski definition) is 6. The topological polar surface area (TPSA) is 110 Å². The summed E-state index contributed by atoms with van der Waals surface area (Å²) >= 11 is 0. The number of hydrogen-bond donors (Lipinski definition) is 2. The molecule has 0 fully saturated rings. The Morgan fingerprint density at radius 3 is 2.10 bits per heavy atom. The van der Waals surface area contributed by atoms with Crippen molar-refractivity contribution in [3.05, 3.63) is 48.6 Å². The van der Waals surface area contributed by atoms with Gasteiger partial charge in [-0.25, -0.2) is 9.97 Å². The summed E-state index contributed by atoms with van der Waals surface area (Å²) in [6.45, 7) is 2.03. The van der Waals surface area contributed by atoms with Crippen molar-refractivity contribution in [3.8, 4) is 0 Å². The molecule has 2 rings (SSSR count). The Balaban J connectivity index is 1.81. The maximum atomic E-state index is 11.8. The molecule has 2 heterocycles. The Morgan fingerprint density at radius 1 is 1.00 bits per heavy atom. The average molecular weight is 286 g/mol. The van der Waals surface area contributed by atoms with Crippen LogP contribution in [-0.4, -0.2) is 44.3 Å². The first-order chi connectivity index (χ1) is 10.2. The molecule has 0 radical (unpaired) electrons. The van der Waals surface area contributed by atoms with E-state index in [0.29, 0.717) is 0 Å². The van der Waals surface area contributed by atoms with E-state index in [2.05, 4.69) is 30.6 Å². The Morgan fingerprint density at radius 2 is 1.57 bits per heavy atom. The number of rotatable bonds is 5. The van der Waals surface area contributed by atoms with Crippen molar-refractivity contribution in [2.24, 2.45) is 0 Å². The first-order valence-electron chi connectivity index (χ1n) is 6.28. The van der Waals surface area contributed by atoms with Crippen molar-refractivity contribution in [3.63, 3.8) is 0 Å². The third-order valence-electron chi connectivity index (χ3n) is 2.54. The highest BCUT2D eigenvalue weighted by atomic mass is 16.2. The number of carbonyl (C=O) groups excluding carboxylic acids is 2. The molecule has 2 N–H and O–H groups in total. The lowest BCUT2D eigenvalue weighted by Gasteiger charge is -2.14. The summed E-state index contributed by atoms with van der Waals surface area (Å²) in [5, 5.41) is 5.37. The third-order valence-corrected chi connectivity index (χ3v) is 2.54. The molecule has 2 amide bonds. The Kier molecular flexibility index (Phi) is 4.86. The predicted molar refractivity (Wildman–Crippen MR) is 73.3 cm³/mol. The standard InChI is InChI=1S/C13H14N6O2/c1-9(19-13(21)11-8-15-3-5-17-11)6-18-12(20)10-7-14-2-4-16-10/h2-5,7-9H,6H2,1H3,(H,18,20)(H,19,21). The summed E-state index contributed by atoms with van der Waals surface area (Å²) in [6, 6.07) is -0.264. The van der Waals surface area contributed by atoms with Gasteiger partial charge in [-0.2, -0.15) is 0 Å². The lowest BCUT2D eigenvalue weighted by atomic mass is 10.3. The first kappa shape index (κ1) is 14.5. The summed E-state index contributed by atoms with van der Waals surface area (Å²) in [5.74, 6) is -0.687. The van der Waals surface area contributed by atoms with E-state index in [0.717, 1.165) is 0 Å². The van der Waals surface area contributed by atoms with Gasteiger partial charge >= 0.3 is 0 Å². The van der Waals surface area contributed by atoms with Gasteiger partial charge in [-0.15, -0.1) is 0 Å². The van der Waals surface area contributed by atoms with E-state index in [-0.39, 0.29) is 35.8 Å². The van der Waals surface area contributed by atoms with Gasteiger partial charge in [0.25, 0.3) is 11.8 Å². The SMILES string of the molecule is CC(CNC(=O)c1cnccn1)NC(=O)c1cnccn1. The van der Waals surface area contributed by atoms with Crippen LogP contribution in [0.5, 0.6) is 0 Å². The van der Waals surface area contributed by atoms with Gasteiger partial charge in [0.15, 0.2) is 0 Å². The molecule has 108 valence electrons. The molecule has 8 heteroatoms. The highest BCUT2D eigenvalue weighted by Gasteiger charge is 2.13. The van der Waals surface area contributed by atoms with E-state index in [1.807, 2.05) is 0 Å². The van der Waals surface area contributed by atoms with Crippen molar-refractivity contribution in [2.45, 2.75) is 13.0 Å². The minimum Gasteiger partial charge on any atom is -0.349 e. The molecule has 0 aliphatic rings. The summed E-state index contributed by atoms with van der Waals surface area (Å²) in [4.78, 5) is 39.0.